The first-order valence-electron chi connectivity index (χ1n) is 8.18. The Morgan fingerprint density at radius 3 is 2.30 bits per heavy atom. The molecule has 2 nitrogen and oxygen atoms in total. The molecule has 0 unspecified atom stereocenters. The second-order valence-corrected chi connectivity index (χ2v) is 5.52. The lowest BCUT2D eigenvalue weighted by molar-refractivity contribution is -0.605. The van der Waals surface area contributed by atoms with Crippen LogP contribution in [0.4, 0.5) is 0 Å². The predicted octanol–water partition coefficient (Wildman–Crippen LogP) is 5.25. The summed E-state index contributed by atoms with van der Waals surface area (Å²) in [6, 6.07) is 3.74. The number of allylic oxidation sites excluding steroid dienone is 1. The minimum absolute atomic E-state index is 0.845. The Hall–Kier alpha value is -1.31. The van der Waals surface area contributed by atoms with Gasteiger partial charge in [0.15, 0.2) is 12.4 Å². The van der Waals surface area contributed by atoms with Crippen LogP contribution in [0.1, 0.15) is 76.7 Å². The smallest absolute Gasteiger partial charge is 0.187 e. The molecule has 2 heteroatoms. The average Bonchev–Trinajstić information content (AvgIpc) is 2.45. The number of pyridine rings is 1. The Labute approximate surface area is 124 Å². The topological polar surface area (TPSA) is 26.9 Å². The lowest BCUT2D eigenvalue weighted by Crippen LogP contribution is -2.24. The van der Waals surface area contributed by atoms with Crippen LogP contribution in [-0.4, -0.2) is 0 Å². The van der Waals surface area contributed by atoms with Gasteiger partial charge in [-0.3, -0.25) is 0 Å². The highest BCUT2D eigenvalue weighted by Crippen LogP contribution is 2.11. The molecule has 0 saturated carbocycles. The third-order valence-electron chi connectivity index (χ3n) is 3.58. The van der Waals surface area contributed by atoms with Crippen LogP contribution >= 0.6 is 0 Å². The molecule has 0 aliphatic heterocycles. The van der Waals surface area contributed by atoms with Gasteiger partial charge in [-0.15, -0.1) is 0 Å². The maximum Gasteiger partial charge on any atom is 0.187 e. The SMILES string of the molecule is CCCCCCCCCCC/C=C/c1ccc[n+]([O-])c1. The van der Waals surface area contributed by atoms with Gasteiger partial charge in [-0.05, 0) is 18.9 Å². The molecule has 0 saturated heterocycles. The molecular weight excluding hydrogens is 246 g/mol. The van der Waals surface area contributed by atoms with E-state index in [1.165, 1.54) is 64.0 Å². The van der Waals surface area contributed by atoms with Crippen LogP contribution in [0, 0.1) is 5.21 Å². The van der Waals surface area contributed by atoms with Crippen molar-refractivity contribution in [3.63, 3.8) is 0 Å². The van der Waals surface area contributed by atoms with E-state index in [0.717, 1.165) is 16.7 Å². The van der Waals surface area contributed by atoms with Crippen molar-refractivity contribution in [2.24, 2.45) is 0 Å². The summed E-state index contributed by atoms with van der Waals surface area (Å²) < 4.78 is 0.845. The molecule has 0 bridgehead atoms. The van der Waals surface area contributed by atoms with E-state index >= 15 is 0 Å². The molecule has 1 rings (SSSR count). The van der Waals surface area contributed by atoms with Crippen LogP contribution in [0.5, 0.6) is 0 Å². The van der Waals surface area contributed by atoms with E-state index in [4.69, 9.17) is 0 Å². The van der Waals surface area contributed by atoms with Crippen LogP contribution in [0.3, 0.4) is 0 Å². The summed E-state index contributed by atoms with van der Waals surface area (Å²) in [7, 11) is 0. The van der Waals surface area contributed by atoms with Gasteiger partial charge in [-0.25, -0.2) is 0 Å². The van der Waals surface area contributed by atoms with E-state index in [-0.39, 0.29) is 0 Å². The fourth-order valence-electron chi connectivity index (χ4n) is 2.36. The Morgan fingerprint density at radius 1 is 1.00 bits per heavy atom. The molecule has 0 N–H and O–H groups in total. The van der Waals surface area contributed by atoms with E-state index in [1.54, 1.807) is 12.3 Å². The van der Waals surface area contributed by atoms with Gasteiger partial charge < -0.3 is 5.21 Å². The average molecular weight is 275 g/mol. The van der Waals surface area contributed by atoms with E-state index in [1.807, 2.05) is 12.1 Å². The molecule has 1 aromatic rings. The lowest BCUT2D eigenvalue weighted by Gasteiger charge is -2.00. The Balaban J connectivity index is 1.94. The Kier molecular flexibility index (Phi) is 9.64. The molecular formula is C18H29NO. The van der Waals surface area contributed by atoms with Crippen molar-refractivity contribution in [2.45, 2.75) is 71.1 Å². The maximum atomic E-state index is 11.1. The molecule has 0 fully saturated rings. The third-order valence-corrected chi connectivity index (χ3v) is 3.58. The summed E-state index contributed by atoms with van der Waals surface area (Å²) >= 11 is 0. The number of nitrogens with zero attached hydrogens (tertiary/aromatic N) is 1. The molecule has 0 atom stereocenters. The molecule has 1 heterocycles. The highest BCUT2D eigenvalue weighted by molar-refractivity contribution is 5.46. The van der Waals surface area contributed by atoms with Crippen molar-refractivity contribution in [1.29, 1.82) is 0 Å². The summed E-state index contributed by atoms with van der Waals surface area (Å²) in [6.07, 6.45) is 20.8. The zero-order valence-corrected chi connectivity index (χ0v) is 12.9. The van der Waals surface area contributed by atoms with Crippen LogP contribution in [0.15, 0.2) is 30.6 Å². The Morgan fingerprint density at radius 2 is 1.65 bits per heavy atom. The molecule has 0 aromatic carbocycles. The molecule has 0 spiro atoms. The summed E-state index contributed by atoms with van der Waals surface area (Å²) in [4.78, 5) is 0. The van der Waals surface area contributed by atoms with Crippen molar-refractivity contribution in [3.05, 3.63) is 41.4 Å². The molecule has 0 aliphatic rings. The largest absolute Gasteiger partial charge is 0.619 e. The molecule has 0 radical (unpaired) electrons. The van der Waals surface area contributed by atoms with Gasteiger partial charge >= 0.3 is 0 Å². The monoisotopic (exact) mass is 275 g/mol. The minimum atomic E-state index is 0.845. The number of rotatable bonds is 11. The molecule has 1 aromatic heterocycles. The molecule has 0 aliphatic carbocycles. The number of hydrogen-bond donors (Lipinski definition) is 0. The standard InChI is InChI=1S/C18H29NO/c1-2-3-4-5-6-7-8-9-10-11-12-14-18-15-13-16-19(20)17-18/h12-17H,2-11H2,1H3/b14-12+. The summed E-state index contributed by atoms with van der Waals surface area (Å²) in [5.74, 6) is 0. The summed E-state index contributed by atoms with van der Waals surface area (Å²) in [6.45, 7) is 2.26. The zero-order valence-electron chi connectivity index (χ0n) is 12.9. The molecule has 20 heavy (non-hydrogen) atoms. The Bertz CT molecular complexity index is 373. The lowest BCUT2D eigenvalue weighted by atomic mass is 10.1. The van der Waals surface area contributed by atoms with Gasteiger partial charge in [-0.2, -0.15) is 4.73 Å². The van der Waals surface area contributed by atoms with Crippen molar-refractivity contribution in [3.8, 4) is 0 Å². The third kappa shape index (κ3) is 8.73. The van der Waals surface area contributed by atoms with Crippen molar-refractivity contribution < 1.29 is 4.73 Å². The predicted molar refractivity (Wildman–Crippen MR) is 86.3 cm³/mol. The van der Waals surface area contributed by atoms with Crippen LogP contribution in [0.25, 0.3) is 6.08 Å². The number of aromatic nitrogens is 1. The quantitative estimate of drug-likeness (QED) is 0.307. The van der Waals surface area contributed by atoms with Crippen molar-refractivity contribution >= 4 is 6.08 Å². The first-order chi connectivity index (χ1) is 9.83. The van der Waals surface area contributed by atoms with Gasteiger partial charge in [-0.1, -0.05) is 70.4 Å². The van der Waals surface area contributed by atoms with Crippen LogP contribution in [-0.2, 0) is 0 Å². The second kappa shape index (κ2) is 11.5. The van der Waals surface area contributed by atoms with E-state index in [0.29, 0.717) is 0 Å². The normalized spacial score (nSPS) is 11.2. The first-order valence-corrected chi connectivity index (χ1v) is 8.18. The number of unbranched alkanes of at least 4 members (excludes halogenated alkanes) is 9. The van der Waals surface area contributed by atoms with Crippen LogP contribution < -0.4 is 4.73 Å². The van der Waals surface area contributed by atoms with Crippen molar-refractivity contribution in [2.75, 3.05) is 0 Å². The van der Waals surface area contributed by atoms with Crippen LogP contribution in [0.2, 0.25) is 0 Å². The van der Waals surface area contributed by atoms with Gasteiger partial charge in [0.1, 0.15) is 0 Å². The second-order valence-electron chi connectivity index (χ2n) is 5.52. The summed E-state index contributed by atoms with van der Waals surface area (Å²) in [5, 5.41) is 11.1. The highest BCUT2D eigenvalue weighted by Gasteiger charge is 1.93. The number of hydrogen-bond acceptors (Lipinski definition) is 1. The fourth-order valence-corrected chi connectivity index (χ4v) is 2.36. The van der Waals surface area contributed by atoms with Gasteiger partial charge in [0, 0.05) is 11.6 Å². The molecule has 112 valence electrons. The molecule has 0 amide bonds. The maximum absolute atomic E-state index is 11.1. The fraction of sp³-hybridized carbons (Fsp3) is 0.611. The van der Waals surface area contributed by atoms with Gasteiger partial charge in [0.05, 0.1) is 0 Å². The summed E-state index contributed by atoms with van der Waals surface area (Å²) in [5.41, 5.74) is 0.985. The first kappa shape index (κ1) is 16.7. The van der Waals surface area contributed by atoms with Gasteiger partial charge in [0.25, 0.3) is 0 Å². The van der Waals surface area contributed by atoms with E-state index < -0.39 is 0 Å². The van der Waals surface area contributed by atoms with E-state index in [2.05, 4.69) is 13.0 Å². The highest BCUT2D eigenvalue weighted by atomic mass is 16.5. The zero-order chi connectivity index (χ0) is 14.5. The van der Waals surface area contributed by atoms with Crippen molar-refractivity contribution in [1.82, 2.24) is 0 Å². The van der Waals surface area contributed by atoms with E-state index in [9.17, 15) is 5.21 Å². The minimum Gasteiger partial charge on any atom is -0.619 e. The van der Waals surface area contributed by atoms with Gasteiger partial charge in [0.2, 0.25) is 0 Å².